The number of pyridine rings is 1. The summed E-state index contributed by atoms with van der Waals surface area (Å²) in [5.74, 6) is -1.62. The molecule has 0 fully saturated rings. The average molecular weight is 281 g/mol. The summed E-state index contributed by atoms with van der Waals surface area (Å²) >= 11 is 0. The smallest absolute Gasteiger partial charge is 0.331 e. The Balaban J connectivity index is 2.29. The zero-order valence-electron chi connectivity index (χ0n) is 10.2. The van der Waals surface area contributed by atoms with E-state index in [1.807, 2.05) is 0 Å². The number of hydrogen-bond acceptors (Lipinski definition) is 7. The highest BCUT2D eigenvalue weighted by Crippen LogP contribution is 2.11. The van der Waals surface area contributed by atoms with E-state index >= 15 is 0 Å². The van der Waals surface area contributed by atoms with Crippen LogP contribution in [0.3, 0.4) is 0 Å². The third-order valence-electron chi connectivity index (χ3n) is 1.97. The van der Waals surface area contributed by atoms with E-state index in [1.165, 1.54) is 12.1 Å². The third kappa shape index (κ3) is 5.58. The lowest BCUT2D eigenvalue weighted by molar-refractivity contribution is -0.385. The molecule has 0 aliphatic heterocycles. The molecule has 0 spiro atoms. The van der Waals surface area contributed by atoms with Gasteiger partial charge in [0.05, 0.1) is 11.5 Å². The van der Waals surface area contributed by atoms with Crippen LogP contribution >= 0.6 is 0 Å². The second-order valence-corrected chi connectivity index (χ2v) is 3.42. The highest BCUT2D eigenvalue weighted by molar-refractivity contribution is 5.90. The number of nitrogens with zero attached hydrogens (tertiary/aromatic N) is 2. The molecule has 20 heavy (non-hydrogen) atoms. The second-order valence-electron chi connectivity index (χ2n) is 3.42. The standard InChI is InChI=1S/C11H11N3O6/c15-10(16)3-4-11(17)20-6-5-12-9-2-1-8(7-13-9)14(18)19/h1-4,7H,5-6H2,(H,12,13)(H,15,16)/b4-3+. The fourth-order valence-electron chi connectivity index (χ4n) is 1.12. The van der Waals surface area contributed by atoms with Crippen LogP contribution in [0.2, 0.25) is 0 Å². The van der Waals surface area contributed by atoms with Gasteiger partial charge < -0.3 is 15.2 Å². The molecule has 1 aromatic rings. The lowest BCUT2D eigenvalue weighted by Gasteiger charge is -2.05. The molecule has 0 amide bonds. The van der Waals surface area contributed by atoms with Gasteiger partial charge >= 0.3 is 11.9 Å². The molecule has 0 saturated carbocycles. The number of ether oxygens (including phenoxy) is 1. The molecule has 1 heterocycles. The molecular weight excluding hydrogens is 270 g/mol. The van der Waals surface area contributed by atoms with Gasteiger partial charge in [-0.1, -0.05) is 0 Å². The molecule has 2 N–H and O–H groups in total. The van der Waals surface area contributed by atoms with E-state index in [0.717, 1.165) is 12.3 Å². The Morgan fingerprint density at radius 1 is 1.45 bits per heavy atom. The number of aromatic nitrogens is 1. The van der Waals surface area contributed by atoms with Crippen LogP contribution in [0.15, 0.2) is 30.5 Å². The topological polar surface area (TPSA) is 132 Å². The maximum absolute atomic E-state index is 11.0. The Morgan fingerprint density at radius 2 is 2.20 bits per heavy atom. The minimum Gasteiger partial charge on any atom is -0.478 e. The largest absolute Gasteiger partial charge is 0.478 e. The number of hydrogen-bond donors (Lipinski definition) is 2. The number of anilines is 1. The number of aliphatic carboxylic acids is 1. The van der Waals surface area contributed by atoms with Gasteiger partial charge in [0.15, 0.2) is 0 Å². The summed E-state index contributed by atoms with van der Waals surface area (Å²) in [6.07, 6.45) is 2.57. The highest BCUT2D eigenvalue weighted by atomic mass is 16.6. The first kappa shape index (κ1) is 15.1. The summed E-state index contributed by atoms with van der Waals surface area (Å²) < 4.78 is 4.69. The summed E-state index contributed by atoms with van der Waals surface area (Å²) in [6.45, 7) is 0.235. The summed E-state index contributed by atoms with van der Waals surface area (Å²) in [5.41, 5.74) is -0.124. The van der Waals surface area contributed by atoms with E-state index in [0.29, 0.717) is 11.9 Å². The van der Waals surface area contributed by atoms with Gasteiger partial charge in [-0.05, 0) is 6.07 Å². The van der Waals surface area contributed by atoms with Crippen molar-refractivity contribution in [2.45, 2.75) is 0 Å². The Labute approximate surface area is 113 Å². The van der Waals surface area contributed by atoms with Crippen molar-refractivity contribution >= 4 is 23.4 Å². The predicted octanol–water partition coefficient (Wildman–Crippen LogP) is 0.586. The Kier molecular flexibility index (Phi) is 5.63. The quantitative estimate of drug-likeness (QED) is 0.244. The molecule has 0 radical (unpaired) electrons. The van der Waals surface area contributed by atoms with E-state index in [1.54, 1.807) is 0 Å². The summed E-state index contributed by atoms with van der Waals surface area (Å²) in [7, 11) is 0. The summed E-state index contributed by atoms with van der Waals surface area (Å²) in [6, 6.07) is 2.71. The molecule has 0 unspecified atom stereocenters. The van der Waals surface area contributed by atoms with Crippen LogP contribution in [0.4, 0.5) is 11.5 Å². The Hall–Kier alpha value is -2.97. The lowest BCUT2D eigenvalue weighted by Crippen LogP contribution is -2.13. The van der Waals surface area contributed by atoms with Crippen molar-refractivity contribution < 1.29 is 24.4 Å². The molecule has 0 aromatic carbocycles. The first-order chi connectivity index (χ1) is 9.49. The first-order valence-corrected chi connectivity index (χ1v) is 5.41. The Bertz CT molecular complexity index is 525. The van der Waals surface area contributed by atoms with Crippen LogP contribution < -0.4 is 5.32 Å². The van der Waals surface area contributed by atoms with Gasteiger partial charge in [0.25, 0.3) is 5.69 Å². The second kappa shape index (κ2) is 7.46. The SMILES string of the molecule is O=C(O)/C=C/C(=O)OCCNc1ccc([N+](=O)[O-])cn1. The maximum Gasteiger partial charge on any atom is 0.331 e. The number of carbonyl (C=O) groups is 2. The van der Waals surface area contributed by atoms with E-state index in [4.69, 9.17) is 5.11 Å². The molecule has 9 heteroatoms. The number of nitro groups is 1. The minimum absolute atomic E-state index is 0.00145. The van der Waals surface area contributed by atoms with E-state index in [9.17, 15) is 19.7 Å². The molecule has 1 aromatic heterocycles. The number of esters is 1. The van der Waals surface area contributed by atoms with Gasteiger partial charge in [-0.25, -0.2) is 14.6 Å². The van der Waals surface area contributed by atoms with Crippen molar-refractivity contribution in [3.63, 3.8) is 0 Å². The summed E-state index contributed by atoms with van der Waals surface area (Å²) in [5, 5.41) is 21.5. The zero-order valence-corrected chi connectivity index (χ0v) is 10.2. The molecule has 1 rings (SSSR count). The van der Waals surface area contributed by atoms with E-state index < -0.39 is 16.9 Å². The fourth-order valence-corrected chi connectivity index (χ4v) is 1.12. The van der Waals surface area contributed by atoms with Crippen molar-refractivity contribution in [2.75, 3.05) is 18.5 Å². The van der Waals surface area contributed by atoms with Gasteiger partial charge in [-0.15, -0.1) is 0 Å². The molecule has 0 aliphatic rings. The van der Waals surface area contributed by atoms with Crippen molar-refractivity contribution in [1.29, 1.82) is 0 Å². The van der Waals surface area contributed by atoms with E-state index in [2.05, 4.69) is 15.0 Å². The third-order valence-corrected chi connectivity index (χ3v) is 1.97. The molecule has 0 atom stereocenters. The Morgan fingerprint density at radius 3 is 2.75 bits per heavy atom. The number of rotatable bonds is 7. The first-order valence-electron chi connectivity index (χ1n) is 5.41. The van der Waals surface area contributed by atoms with Crippen molar-refractivity contribution in [2.24, 2.45) is 0 Å². The van der Waals surface area contributed by atoms with Crippen LogP contribution in [0.1, 0.15) is 0 Å². The normalized spacial score (nSPS) is 10.2. The minimum atomic E-state index is -1.24. The van der Waals surface area contributed by atoms with Gasteiger partial charge in [-0.3, -0.25) is 10.1 Å². The summed E-state index contributed by atoms with van der Waals surface area (Å²) in [4.78, 5) is 34.7. The number of carboxylic acid groups (broad SMARTS) is 1. The lowest BCUT2D eigenvalue weighted by atomic mass is 10.4. The molecule has 0 aliphatic carbocycles. The monoisotopic (exact) mass is 281 g/mol. The average Bonchev–Trinajstić information content (AvgIpc) is 2.42. The van der Waals surface area contributed by atoms with Crippen LogP contribution in [0.25, 0.3) is 0 Å². The van der Waals surface area contributed by atoms with Crippen LogP contribution in [-0.2, 0) is 14.3 Å². The molecule has 0 saturated heterocycles. The van der Waals surface area contributed by atoms with Crippen LogP contribution in [-0.4, -0.2) is 40.1 Å². The van der Waals surface area contributed by atoms with Crippen LogP contribution in [0.5, 0.6) is 0 Å². The van der Waals surface area contributed by atoms with Gasteiger partial charge in [0.2, 0.25) is 0 Å². The van der Waals surface area contributed by atoms with Gasteiger partial charge in [-0.2, -0.15) is 0 Å². The van der Waals surface area contributed by atoms with Gasteiger partial charge in [0.1, 0.15) is 18.6 Å². The maximum atomic E-state index is 11.0. The molecular formula is C11H11N3O6. The predicted molar refractivity (Wildman–Crippen MR) is 67.1 cm³/mol. The number of nitrogens with one attached hydrogen (secondary N) is 1. The zero-order chi connectivity index (χ0) is 15.0. The van der Waals surface area contributed by atoms with E-state index in [-0.39, 0.29) is 18.8 Å². The van der Waals surface area contributed by atoms with Crippen molar-refractivity contribution in [3.8, 4) is 0 Å². The van der Waals surface area contributed by atoms with Crippen molar-refractivity contribution in [3.05, 3.63) is 40.6 Å². The number of carboxylic acids is 1. The molecule has 106 valence electrons. The number of carbonyl (C=O) groups excluding carboxylic acids is 1. The van der Waals surface area contributed by atoms with Crippen LogP contribution in [0, 0.1) is 10.1 Å². The fraction of sp³-hybridized carbons (Fsp3) is 0.182. The molecule has 0 bridgehead atoms. The van der Waals surface area contributed by atoms with Gasteiger partial charge in [0, 0.05) is 18.2 Å². The highest BCUT2D eigenvalue weighted by Gasteiger charge is 2.04. The molecule has 9 nitrogen and oxygen atoms in total. The van der Waals surface area contributed by atoms with Crippen molar-refractivity contribution in [1.82, 2.24) is 4.98 Å².